The first-order valence-corrected chi connectivity index (χ1v) is 7.26. The fourth-order valence-corrected chi connectivity index (χ4v) is 2.44. The van der Waals surface area contributed by atoms with E-state index in [1.54, 1.807) is 19.9 Å². The molecule has 0 radical (unpaired) electrons. The van der Waals surface area contributed by atoms with E-state index in [1.165, 1.54) is 19.2 Å². The molecular formula is C17H19FN2O3. The molecule has 122 valence electrons. The number of anilines is 1. The summed E-state index contributed by atoms with van der Waals surface area (Å²) in [5, 5.41) is 2.52. The van der Waals surface area contributed by atoms with Crippen molar-refractivity contribution in [1.82, 2.24) is 4.98 Å². The molecule has 0 aliphatic carbocycles. The van der Waals surface area contributed by atoms with Gasteiger partial charge >= 0.3 is 5.97 Å². The molecule has 1 heterocycles. The summed E-state index contributed by atoms with van der Waals surface area (Å²) in [6, 6.07) is 4.55. The fraction of sp³-hybridized carbons (Fsp3) is 0.294. The van der Waals surface area contributed by atoms with E-state index in [2.05, 4.69) is 10.3 Å². The number of H-pyrrole nitrogens is 1. The van der Waals surface area contributed by atoms with Gasteiger partial charge in [0, 0.05) is 5.69 Å². The fourth-order valence-electron chi connectivity index (χ4n) is 2.44. The first kappa shape index (κ1) is 16.7. The standard InChI is InChI=1S/C17H19FN2O3/c1-5-12-14(17(22)23-4)10(3)15(19-12)16(21)20-13-7-6-9(2)8-11(13)18/h6-8,19H,5H2,1-4H3,(H,20,21). The number of aryl methyl sites for hydroxylation is 2. The molecule has 0 unspecified atom stereocenters. The lowest BCUT2D eigenvalue weighted by Crippen LogP contribution is -2.15. The topological polar surface area (TPSA) is 71.2 Å². The van der Waals surface area contributed by atoms with E-state index < -0.39 is 17.7 Å². The third-order valence-electron chi connectivity index (χ3n) is 3.67. The molecule has 0 aliphatic rings. The SMILES string of the molecule is CCc1[nH]c(C(=O)Nc2ccc(C)cc2F)c(C)c1C(=O)OC. The normalized spacial score (nSPS) is 10.5. The van der Waals surface area contributed by atoms with Crippen LogP contribution in [0.2, 0.25) is 0 Å². The third-order valence-corrected chi connectivity index (χ3v) is 3.67. The second-order valence-electron chi connectivity index (χ2n) is 5.26. The monoisotopic (exact) mass is 318 g/mol. The number of nitrogens with one attached hydrogen (secondary N) is 2. The quantitative estimate of drug-likeness (QED) is 0.849. The number of rotatable bonds is 4. The Labute approximate surface area is 133 Å². The van der Waals surface area contributed by atoms with Crippen LogP contribution < -0.4 is 5.32 Å². The maximum atomic E-state index is 13.9. The van der Waals surface area contributed by atoms with Gasteiger partial charge in [0.1, 0.15) is 11.5 Å². The number of carbonyl (C=O) groups excluding carboxylic acids is 2. The molecule has 0 atom stereocenters. The zero-order valence-corrected chi connectivity index (χ0v) is 13.5. The minimum atomic E-state index is -0.508. The maximum absolute atomic E-state index is 13.9. The summed E-state index contributed by atoms with van der Waals surface area (Å²) in [6.07, 6.45) is 0.539. The predicted octanol–water partition coefficient (Wildman–Crippen LogP) is 3.37. The van der Waals surface area contributed by atoms with E-state index in [-0.39, 0.29) is 11.4 Å². The van der Waals surface area contributed by atoms with Crippen molar-refractivity contribution in [3.05, 3.63) is 52.1 Å². The molecule has 0 saturated carbocycles. The van der Waals surface area contributed by atoms with Crippen molar-refractivity contribution in [2.24, 2.45) is 0 Å². The van der Waals surface area contributed by atoms with Crippen LogP contribution in [0.1, 0.15) is 44.6 Å². The molecule has 23 heavy (non-hydrogen) atoms. The van der Waals surface area contributed by atoms with E-state index in [9.17, 15) is 14.0 Å². The highest BCUT2D eigenvalue weighted by Crippen LogP contribution is 2.22. The minimum absolute atomic E-state index is 0.0901. The van der Waals surface area contributed by atoms with Crippen LogP contribution in [0.5, 0.6) is 0 Å². The van der Waals surface area contributed by atoms with Gasteiger partial charge in [0.05, 0.1) is 18.4 Å². The number of halogens is 1. The van der Waals surface area contributed by atoms with Crippen LogP contribution in [-0.2, 0) is 11.2 Å². The Morgan fingerprint density at radius 2 is 2.00 bits per heavy atom. The van der Waals surface area contributed by atoms with Crippen molar-refractivity contribution in [1.29, 1.82) is 0 Å². The van der Waals surface area contributed by atoms with E-state index in [0.29, 0.717) is 23.2 Å². The van der Waals surface area contributed by atoms with Gasteiger partial charge in [-0.05, 0) is 43.5 Å². The molecule has 6 heteroatoms. The van der Waals surface area contributed by atoms with Gasteiger partial charge < -0.3 is 15.0 Å². The Bertz CT molecular complexity index is 765. The zero-order valence-electron chi connectivity index (χ0n) is 13.5. The molecule has 2 aromatic rings. The van der Waals surface area contributed by atoms with Crippen molar-refractivity contribution in [3.63, 3.8) is 0 Å². The minimum Gasteiger partial charge on any atom is -0.465 e. The second-order valence-corrected chi connectivity index (χ2v) is 5.26. The molecule has 2 rings (SSSR count). The van der Waals surface area contributed by atoms with Crippen molar-refractivity contribution < 1.29 is 18.7 Å². The number of benzene rings is 1. The lowest BCUT2D eigenvalue weighted by Gasteiger charge is -2.07. The molecule has 1 aromatic carbocycles. The van der Waals surface area contributed by atoms with Crippen molar-refractivity contribution in [2.45, 2.75) is 27.2 Å². The number of ether oxygens (including phenoxy) is 1. The van der Waals surface area contributed by atoms with Crippen LogP contribution in [-0.4, -0.2) is 24.0 Å². The number of amides is 1. The van der Waals surface area contributed by atoms with Gasteiger partial charge in [-0.1, -0.05) is 13.0 Å². The molecule has 1 amide bonds. The third kappa shape index (κ3) is 3.26. The number of hydrogen-bond donors (Lipinski definition) is 2. The molecule has 2 N–H and O–H groups in total. The average molecular weight is 318 g/mol. The number of methoxy groups -OCH3 is 1. The number of hydrogen-bond acceptors (Lipinski definition) is 3. The Morgan fingerprint density at radius 3 is 2.57 bits per heavy atom. The van der Waals surface area contributed by atoms with Crippen LogP contribution in [0.3, 0.4) is 0 Å². The first-order chi connectivity index (χ1) is 10.9. The van der Waals surface area contributed by atoms with Crippen LogP contribution in [0, 0.1) is 19.7 Å². The van der Waals surface area contributed by atoms with E-state index in [4.69, 9.17) is 4.74 Å². The summed E-state index contributed by atoms with van der Waals surface area (Å²) < 4.78 is 18.6. The highest BCUT2D eigenvalue weighted by Gasteiger charge is 2.24. The molecule has 0 bridgehead atoms. The van der Waals surface area contributed by atoms with Crippen LogP contribution >= 0.6 is 0 Å². The summed E-state index contributed by atoms with van der Waals surface area (Å²) in [4.78, 5) is 27.2. The Balaban J connectivity index is 2.36. The largest absolute Gasteiger partial charge is 0.465 e. The molecule has 0 spiro atoms. The Hall–Kier alpha value is -2.63. The Kier molecular flexibility index (Phi) is 4.83. The van der Waals surface area contributed by atoms with E-state index in [0.717, 1.165) is 5.56 Å². The zero-order chi connectivity index (χ0) is 17.1. The van der Waals surface area contributed by atoms with Gasteiger partial charge in [-0.2, -0.15) is 0 Å². The maximum Gasteiger partial charge on any atom is 0.339 e. The number of aromatic amines is 1. The van der Waals surface area contributed by atoms with Gasteiger partial charge in [0.2, 0.25) is 0 Å². The molecule has 1 aromatic heterocycles. The van der Waals surface area contributed by atoms with Gasteiger partial charge in [-0.15, -0.1) is 0 Å². The van der Waals surface area contributed by atoms with Crippen molar-refractivity contribution in [3.8, 4) is 0 Å². The highest BCUT2D eigenvalue weighted by molar-refractivity contribution is 6.06. The molecule has 0 fully saturated rings. The molecule has 0 saturated heterocycles. The molecular weight excluding hydrogens is 299 g/mol. The summed E-state index contributed by atoms with van der Waals surface area (Å²) in [7, 11) is 1.29. The van der Waals surface area contributed by atoms with E-state index in [1.807, 2.05) is 6.92 Å². The lowest BCUT2D eigenvalue weighted by atomic mass is 10.1. The molecule has 5 nitrogen and oxygen atoms in total. The van der Waals surface area contributed by atoms with Gasteiger partial charge in [0.25, 0.3) is 5.91 Å². The van der Waals surface area contributed by atoms with Crippen LogP contribution in [0.15, 0.2) is 18.2 Å². The predicted molar refractivity (Wildman–Crippen MR) is 85.3 cm³/mol. The molecule has 0 aliphatic heterocycles. The number of esters is 1. The van der Waals surface area contributed by atoms with E-state index >= 15 is 0 Å². The van der Waals surface area contributed by atoms with Crippen molar-refractivity contribution >= 4 is 17.6 Å². The lowest BCUT2D eigenvalue weighted by molar-refractivity contribution is 0.0599. The number of carbonyl (C=O) groups is 2. The second kappa shape index (κ2) is 6.64. The summed E-state index contributed by atoms with van der Waals surface area (Å²) >= 11 is 0. The van der Waals surface area contributed by atoms with Gasteiger partial charge in [0.15, 0.2) is 0 Å². The summed E-state index contributed by atoms with van der Waals surface area (Å²) in [5.74, 6) is -1.52. The highest BCUT2D eigenvalue weighted by atomic mass is 19.1. The van der Waals surface area contributed by atoms with Crippen molar-refractivity contribution in [2.75, 3.05) is 12.4 Å². The van der Waals surface area contributed by atoms with Crippen LogP contribution in [0.25, 0.3) is 0 Å². The first-order valence-electron chi connectivity index (χ1n) is 7.26. The smallest absolute Gasteiger partial charge is 0.339 e. The Morgan fingerprint density at radius 1 is 1.30 bits per heavy atom. The van der Waals surface area contributed by atoms with Gasteiger partial charge in [-0.3, -0.25) is 4.79 Å². The van der Waals surface area contributed by atoms with Gasteiger partial charge in [-0.25, -0.2) is 9.18 Å². The summed E-state index contributed by atoms with van der Waals surface area (Å²) in [5.41, 5.74) is 2.53. The number of aromatic nitrogens is 1. The average Bonchev–Trinajstić information content (AvgIpc) is 2.86. The summed E-state index contributed by atoms with van der Waals surface area (Å²) in [6.45, 7) is 5.28. The van der Waals surface area contributed by atoms with Crippen LogP contribution in [0.4, 0.5) is 10.1 Å².